The maximum Gasteiger partial charge on any atom is 0.274 e. The molecule has 2 amide bonds. The largest absolute Gasteiger partial charge is 0.378 e. The second-order valence-electron chi connectivity index (χ2n) is 7.20. The molecule has 1 fully saturated rings. The van der Waals surface area contributed by atoms with Gasteiger partial charge < -0.3 is 10.2 Å². The molecule has 2 aromatic carbocycles. The molecule has 0 aliphatic heterocycles. The summed E-state index contributed by atoms with van der Waals surface area (Å²) < 4.78 is 0. The molecule has 1 aliphatic rings. The second kappa shape index (κ2) is 7.80. The Labute approximate surface area is 159 Å². The lowest BCUT2D eigenvalue weighted by atomic mass is 9.78. The van der Waals surface area contributed by atoms with Crippen LogP contribution >= 0.6 is 0 Å². The highest BCUT2D eigenvalue weighted by Crippen LogP contribution is 2.42. The first-order valence-corrected chi connectivity index (χ1v) is 9.10. The van der Waals surface area contributed by atoms with Gasteiger partial charge in [-0.15, -0.1) is 0 Å². The highest BCUT2D eigenvalue weighted by atomic mass is 16.5. The van der Waals surface area contributed by atoms with Crippen LogP contribution in [-0.2, 0) is 10.2 Å². The summed E-state index contributed by atoms with van der Waals surface area (Å²) in [5.41, 5.74) is 4.17. The first-order chi connectivity index (χ1) is 13.0. The number of nitrogens with zero attached hydrogens (tertiary/aromatic N) is 1. The van der Waals surface area contributed by atoms with Crippen molar-refractivity contribution >= 4 is 23.2 Å². The molecule has 0 unspecified atom stereocenters. The van der Waals surface area contributed by atoms with Crippen LogP contribution in [0.1, 0.15) is 41.6 Å². The smallest absolute Gasteiger partial charge is 0.274 e. The number of carbonyl (C=O) groups excluding carboxylic acids is 2. The van der Waals surface area contributed by atoms with Crippen LogP contribution in [0.15, 0.2) is 48.5 Å². The molecule has 1 saturated carbocycles. The van der Waals surface area contributed by atoms with Crippen molar-refractivity contribution in [3.05, 3.63) is 59.7 Å². The number of rotatable bonds is 5. The van der Waals surface area contributed by atoms with E-state index in [1.807, 2.05) is 31.1 Å². The average Bonchev–Trinajstić information content (AvgIpc) is 3.19. The maximum absolute atomic E-state index is 13.2. The van der Waals surface area contributed by atoms with Gasteiger partial charge in [0.15, 0.2) is 0 Å². The number of nitrogens with one attached hydrogen (secondary N) is 2. The number of hydrogen-bond acceptors (Lipinski definition) is 4. The highest BCUT2D eigenvalue weighted by Gasteiger charge is 2.42. The molecule has 2 aromatic rings. The molecule has 27 heavy (non-hydrogen) atoms. The molecule has 0 heterocycles. The molecule has 6 nitrogen and oxygen atoms in total. The summed E-state index contributed by atoms with van der Waals surface area (Å²) in [5.74, 6) is -0.599. The van der Waals surface area contributed by atoms with Gasteiger partial charge in [-0.3, -0.25) is 14.8 Å². The van der Waals surface area contributed by atoms with Gasteiger partial charge in [-0.1, -0.05) is 25.0 Å². The third-order valence-corrected chi connectivity index (χ3v) is 5.33. The van der Waals surface area contributed by atoms with Gasteiger partial charge in [-0.2, -0.15) is 0 Å². The van der Waals surface area contributed by atoms with E-state index in [0.29, 0.717) is 11.3 Å². The molecule has 0 atom stereocenters. The van der Waals surface area contributed by atoms with Crippen LogP contribution in [0.4, 0.5) is 11.4 Å². The van der Waals surface area contributed by atoms with Crippen LogP contribution in [-0.4, -0.2) is 31.1 Å². The van der Waals surface area contributed by atoms with Crippen molar-refractivity contribution in [1.29, 1.82) is 0 Å². The van der Waals surface area contributed by atoms with Crippen molar-refractivity contribution in [1.82, 2.24) is 5.48 Å². The standard InChI is InChI=1S/C21H25N3O3/c1-24(2)18-11-7-16(8-12-18)21(13-3-4-14-21)20(26)22-17-9-5-15(6-10-17)19(25)23-27/h5-12,27H,3-4,13-14H2,1-2H3,(H,22,26)(H,23,25). The summed E-state index contributed by atoms with van der Waals surface area (Å²) in [4.78, 5) is 26.6. The Bertz CT molecular complexity index is 808. The zero-order valence-corrected chi connectivity index (χ0v) is 15.7. The van der Waals surface area contributed by atoms with Crippen LogP contribution in [0, 0.1) is 0 Å². The van der Waals surface area contributed by atoms with E-state index >= 15 is 0 Å². The Morgan fingerprint density at radius 3 is 2.07 bits per heavy atom. The molecule has 0 bridgehead atoms. The number of amides is 2. The van der Waals surface area contributed by atoms with Gasteiger partial charge in [0.05, 0.1) is 5.41 Å². The van der Waals surface area contributed by atoms with Crippen LogP contribution in [0.2, 0.25) is 0 Å². The van der Waals surface area contributed by atoms with E-state index in [1.54, 1.807) is 29.7 Å². The number of carbonyl (C=O) groups is 2. The highest BCUT2D eigenvalue weighted by molar-refractivity contribution is 6.00. The number of hydroxylamine groups is 1. The summed E-state index contributed by atoms with van der Waals surface area (Å²) in [6.07, 6.45) is 3.70. The lowest BCUT2D eigenvalue weighted by Gasteiger charge is -2.29. The molecule has 3 rings (SSSR count). The fourth-order valence-corrected chi connectivity index (χ4v) is 3.72. The third-order valence-electron chi connectivity index (χ3n) is 5.33. The first-order valence-electron chi connectivity index (χ1n) is 9.10. The van der Waals surface area contributed by atoms with Crippen LogP contribution < -0.4 is 15.7 Å². The molecule has 0 spiro atoms. The Kier molecular flexibility index (Phi) is 5.46. The minimum absolute atomic E-state index is 0.0167. The quantitative estimate of drug-likeness (QED) is 0.559. The van der Waals surface area contributed by atoms with Gasteiger partial charge in [-0.25, -0.2) is 5.48 Å². The van der Waals surface area contributed by atoms with Crippen molar-refractivity contribution in [3.8, 4) is 0 Å². The van der Waals surface area contributed by atoms with Gasteiger partial charge >= 0.3 is 0 Å². The van der Waals surface area contributed by atoms with E-state index in [4.69, 9.17) is 5.21 Å². The van der Waals surface area contributed by atoms with E-state index in [2.05, 4.69) is 17.4 Å². The average molecular weight is 367 g/mol. The predicted octanol–water partition coefficient (Wildman–Crippen LogP) is 3.32. The van der Waals surface area contributed by atoms with Crippen molar-refractivity contribution in [2.75, 3.05) is 24.3 Å². The van der Waals surface area contributed by atoms with Gasteiger partial charge in [0, 0.05) is 31.0 Å². The topological polar surface area (TPSA) is 81.7 Å². The van der Waals surface area contributed by atoms with Crippen molar-refractivity contribution in [2.45, 2.75) is 31.1 Å². The first kappa shape index (κ1) is 18.9. The molecule has 0 saturated heterocycles. The van der Waals surface area contributed by atoms with Gasteiger partial charge in [0.2, 0.25) is 5.91 Å². The molecule has 142 valence electrons. The Morgan fingerprint density at radius 1 is 0.963 bits per heavy atom. The predicted molar refractivity (Wildman–Crippen MR) is 105 cm³/mol. The Balaban J connectivity index is 1.82. The minimum atomic E-state index is -0.582. The van der Waals surface area contributed by atoms with Crippen LogP contribution in [0.25, 0.3) is 0 Å². The number of benzene rings is 2. The summed E-state index contributed by atoms with van der Waals surface area (Å²) >= 11 is 0. The molecule has 0 radical (unpaired) electrons. The summed E-state index contributed by atoms with van der Waals surface area (Å²) in [7, 11) is 3.99. The molecule has 0 aromatic heterocycles. The van der Waals surface area contributed by atoms with Crippen LogP contribution in [0.3, 0.4) is 0 Å². The number of anilines is 2. The minimum Gasteiger partial charge on any atom is -0.378 e. The van der Waals surface area contributed by atoms with Crippen LogP contribution in [0.5, 0.6) is 0 Å². The maximum atomic E-state index is 13.2. The zero-order valence-electron chi connectivity index (χ0n) is 15.7. The van der Waals surface area contributed by atoms with E-state index in [1.165, 1.54) is 0 Å². The Morgan fingerprint density at radius 2 is 1.56 bits per heavy atom. The second-order valence-corrected chi connectivity index (χ2v) is 7.20. The van der Waals surface area contributed by atoms with Gasteiger partial charge in [0.1, 0.15) is 0 Å². The van der Waals surface area contributed by atoms with Crippen molar-refractivity contribution in [3.63, 3.8) is 0 Å². The van der Waals surface area contributed by atoms with Crippen molar-refractivity contribution < 1.29 is 14.8 Å². The van der Waals surface area contributed by atoms with E-state index in [-0.39, 0.29) is 5.91 Å². The lowest BCUT2D eigenvalue weighted by molar-refractivity contribution is -0.121. The van der Waals surface area contributed by atoms with E-state index < -0.39 is 11.3 Å². The number of hydrogen-bond donors (Lipinski definition) is 3. The fourth-order valence-electron chi connectivity index (χ4n) is 3.72. The third kappa shape index (κ3) is 3.80. The summed E-state index contributed by atoms with van der Waals surface area (Å²) in [6, 6.07) is 14.7. The van der Waals surface area contributed by atoms with E-state index in [9.17, 15) is 9.59 Å². The lowest BCUT2D eigenvalue weighted by Crippen LogP contribution is -2.38. The molecule has 6 heteroatoms. The normalized spacial score (nSPS) is 15.2. The fraction of sp³-hybridized carbons (Fsp3) is 0.333. The SMILES string of the molecule is CN(C)c1ccc(C2(C(=O)Nc3ccc(C(=O)NO)cc3)CCCC2)cc1. The molecule has 3 N–H and O–H groups in total. The zero-order chi connectivity index (χ0) is 19.4. The summed E-state index contributed by atoms with van der Waals surface area (Å²) in [5, 5.41) is 11.7. The Hall–Kier alpha value is -2.86. The van der Waals surface area contributed by atoms with E-state index in [0.717, 1.165) is 36.9 Å². The molecular formula is C21H25N3O3. The monoisotopic (exact) mass is 367 g/mol. The molecular weight excluding hydrogens is 342 g/mol. The van der Waals surface area contributed by atoms with Crippen molar-refractivity contribution in [2.24, 2.45) is 0 Å². The summed E-state index contributed by atoms with van der Waals surface area (Å²) in [6.45, 7) is 0. The van der Waals surface area contributed by atoms with Gasteiger partial charge in [-0.05, 0) is 54.8 Å². The molecule has 1 aliphatic carbocycles. The van der Waals surface area contributed by atoms with Gasteiger partial charge in [0.25, 0.3) is 5.91 Å².